The molecule has 1 aliphatic heterocycles. The van der Waals surface area contributed by atoms with E-state index in [1.165, 1.54) is 13.1 Å². The van der Waals surface area contributed by atoms with E-state index in [-0.39, 0.29) is 11.7 Å². The van der Waals surface area contributed by atoms with Crippen molar-refractivity contribution in [3.8, 4) is 0 Å². The van der Waals surface area contributed by atoms with Gasteiger partial charge in [-0.3, -0.25) is 14.3 Å². The first-order valence-electron chi connectivity index (χ1n) is 5.32. The lowest BCUT2D eigenvalue weighted by Gasteiger charge is -2.11. The van der Waals surface area contributed by atoms with Gasteiger partial charge >= 0.3 is 5.69 Å². The van der Waals surface area contributed by atoms with E-state index in [0.29, 0.717) is 12.4 Å². The molecule has 0 saturated carbocycles. The van der Waals surface area contributed by atoms with Crippen LogP contribution >= 0.6 is 0 Å². The fraction of sp³-hybridized carbons (Fsp3) is 0.600. The lowest BCUT2D eigenvalue weighted by molar-refractivity contribution is 0.120. The lowest BCUT2D eigenvalue weighted by atomic mass is 10.2. The van der Waals surface area contributed by atoms with Crippen molar-refractivity contribution in [2.45, 2.75) is 18.9 Å². The van der Waals surface area contributed by atoms with Gasteiger partial charge in [-0.25, -0.2) is 4.79 Å². The molecular weight excluding hydrogens is 210 g/mol. The maximum atomic E-state index is 11.3. The zero-order valence-electron chi connectivity index (χ0n) is 9.16. The molecule has 1 aromatic rings. The van der Waals surface area contributed by atoms with Crippen molar-refractivity contribution in [2.24, 2.45) is 7.05 Å². The predicted molar refractivity (Wildman–Crippen MR) is 59.8 cm³/mol. The minimum Gasteiger partial charge on any atom is -0.376 e. The molecule has 16 heavy (non-hydrogen) atoms. The molecule has 1 aliphatic rings. The summed E-state index contributed by atoms with van der Waals surface area (Å²) in [6, 6.07) is 1.37. The second-order valence-corrected chi connectivity index (χ2v) is 3.90. The van der Waals surface area contributed by atoms with Gasteiger partial charge in [0, 0.05) is 26.3 Å². The number of ether oxygens (including phenoxy) is 1. The zero-order chi connectivity index (χ0) is 11.5. The summed E-state index contributed by atoms with van der Waals surface area (Å²) in [5.41, 5.74) is -0.735. The SMILES string of the molecule is Cn1c(=O)cc(NC[C@H]2CCCO2)[nH]c1=O. The lowest BCUT2D eigenvalue weighted by Crippen LogP contribution is -2.33. The predicted octanol–water partition coefficient (Wildman–Crippen LogP) is -0.336. The normalized spacial score (nSPS) is 19.9. The Morgan fingerprint density at radius 1 is 1.62 bits per heavy atom. The van der Waals surface area contributed by atoms with Gasteiger partial charge in [0.05, 0.1) is 6.10 Å². The van der Waals surface area contributed by atoms with Gasteiger partial charge < -0.3 is 10.1 Å². The molecule has 1 fully saturated rings. The summed E-state index contributed by atoms with van der Waals surface area (Å²) < 4.78 is 6.45. The molecule has 2 heterocycles. The number of aromatic amines is 1. The second-order valence-electron chi connectivity index (χ2n) is 3.90. The van der Waals surface area contributed by atoms with E-state index in [4.69, 9.17) is 4.74 Å². The number of aromatic nitrogens is 2. The number of rotatable bonds is 3. The number of hydrogen-bond donors (Lipinski definition) is 2. The Labute approximate surface area is 92.3 Å². The Morgan fingerprint density at radius 3 is 3.06 bits per heavy atom. The van der Waals surface area contributed by atoms with E-state index < -0.39 is 5.69 Å². The number of nitrogens with zero attached hydrogens (tertiary/aromatic N) is 1. The highest BCUT2D eigenvalue weighted by atomic mass is 16.5. The van der Waals surface area contributed by atoms with Crippen LogP contribution in [0, 0.1) is 0 Å². The Kier molecular flexibility index (Phi) is 3.09. The Hall–Kier alpha value is -1.56. The fourth-order valence-corrected chi connectivity index (χ4v) is 1.68. The molecule has 0 aliphatic carbocycles. The van der Waals surface area contributed by atoms with E-state index >= 15 is 0 Å². The van der Waals surface area contributed by atoms with Crippen LogP contribution in [0.1, 0.15) is 12.8 Å². The number of H-pyrrole nitrogens is 1. The summed E-state index contributed by atoms with van der Waals surface area (Å²) in [6.45, 7) is 1.41. The van der Waals surface area contributed by atoms with Gasteiger partial charge in [0.15, 0.2) is 0 Å². The zero-order valence-corrected chi connectivity index (χ0v) is 9.16. The average Bonchev–Trinajstić information content (AvgIpc) is 2.75. The van der Waals surface area contributed by atoms with Gasteiger partial charge in [-0.1, -0.05) is 0 Å². The van der Waals surface area contributed by atoms with Crippen LogP contribution in [-0.2, 0) is 11.8 Å². The first-order valence-corrected chi connectivity index (χ1v) is 5.32. The van der Waals surface area contributed by atoms with Crippen LogP contribution in [0.3, 0.4) is 0 Å². The highest BCUT2D eigenvalue weighted by Crippen LogP contribution is 2.11. The highest BCUT2D eigenvalue weighted by molar-refractivity contribution is 5.31. The molecule has 2 N–H and O–H groups in total. The van der Waals surface area contributed by atoms with Crippen LogP contribution in [0.4, 0.5) is 5.82 Å². The molecule has 0 unspecified atom stereocenters. The molecular formula is C10H15N3O3. The summed E-state index contributed by atoms with van der Waals surface area (Å²) in [6.07, 6.45) is 2.26. The summed E-state index contributed by atoms with van der Waals surface area (Å²) in [5.74, 6) is 0.448. The number of hydrogen-bond acceptors (Lipinski definition) is 4. The van der Waals surface area contributed by atoms with Crippen molar-refractivity contribution in [2.75, 3.05) is 18.5 Å². The molecule has 6 heteroatoms. The molecule has 0 amide bonds. The maximum Gasteiger partial charge on any atom is 0.329 e. The van der Waals surface area contributed by atoms with Crippen LogP contribution in [0.2, 0.25) is 0 Å². The third kappa shape index (κ3) is 2.33. The standard InChI is InChI=1S/C10H15N3O3/c1-13-9(14)5-8(12-10(13)15)11-6-7-3-2-4-16-7/h5,7,11H,2-4,6H2,1H3,(H,12,15)/t7-/m1/s1. The molecule has 1 saturated heterocycles. The van der Waals surface area contributed by atoms with E-state index in [0.717, 1.165) is 24.0 Å². The molecule has 6 nitrogen and oxygen atoms in total. The van der Waals surface area contributed by atoms with Crippen molar-refractivity contribution in [3.63, 3.8) is 0 Å². The van der Waals surface area contributed by atoms with Crippen molar-refractivity contribution >= 4 is 5.82 Å². The Bertz CT molecular complexity index is 440. The maximum absolute atomic E-state index is 11.3. The van der Waals surface area contributed by atoms with Gasteiger partial charge in [0.2, 0.25) is 0 Å². The molecule has 0 aromatic carbocycles. The monoisotopic (exact) mass is 225 g/mol. The third-order valence-electron chi connectivity index (χ3n) is 2.69. The quantitative estimate of drug-likeness (QED) is 0.738. The van der Waals surface area contributed by atoms with Crippen molar-refractivity contribution in [1.82, 2.24) is 9.55 Å². The van der Waals surface area contributed by atoms with Crippen LogP contribution in [0.5, 0.6) is 0 Å². The van der Waals surface area contributed by atoms with Crippen molar-refractivity contribution in [3.05, 3.63) is 26.9 Å². The summed E-state index contributed by atoms with van der Waals surface area (Å²) in [4.78, 5) is 25.2. The van der Waals surface area contributed by atoms with Gasteiger partial charge in [0.25, 0.3) is 5.56 Å². The van der Waals surface area contributed by atoms with Gasteiger partial charge in [-0.15, -0.1) is 0 Å². The topological polar surface area (TPSA) is 76.1 Å². The smallest absolute Gasteiger partial charge is 0.329 e. The van der Waals surface area contributed by atoms with Crippen LogP contribution in [-0.4, -0.2) is 28.8 Å². The van der Waals surface area contributed by atoms with E-state index in [1.54, 1.807) is 0 Å². The molecule has 1 atom stereocenters. The summed E-state index contributed by atoms with van der Waals surface area (Å²) in [5, 5.41) is 3.00. The highest BCUT2D eigenvalue weighted by Gasteiger charge is 2.15. The first-order chi connectivity index (χ1) is 7.66. The minimum atomic E-state index is -0.414. The summed E-state index contributed by atoms with van der Waals surface area (Å²) >= 11 is 0. The Balaban J connectivity index is 2.04. The molecule has 1 aromatic heterocycles. The van der Waals surface area contributed by atoms with Crippen LogP contribution in [0.15, 0.2) is 15.7 Å². The van der Waals surface area contributed by atoms with Crippen molar-refractivity contribution in [1.29, 1.82) is 0 Å². The Morgan fingerprint density at radius 2 is 2.44 bits per heavy atom. The average molecular weight is 225 g/mol. The molecule has 0 bridgehead atoms. The fourth-order valence-electron chi connectivity index (χ4n) is 1.68. The first kappa shape index (κ1) is 10.9. The number of nitrogens with one attached hydrogen (secondary N) is 2. The molecule has 0 spiro atoms. The third-order valence-corrected chi connectivity index (χ3v) is 2.69. The second kappa shape index (κ2) is 4.52. The molecule has 88 valence electrons. The van der Waals surface area contributed by atoms with Gasteiger partial charge in [0.1, 0.15) is 5.82 Å². The molecule has 2 rings (SSSR count). The van der Waals surface area contributed by atoms with Crippen molar-refractivity contribution < 1.29 is 4.74 Å². The molecule has 0 radical (unpaired) electrons. The largest absolute Gasteiger partial charge is 0.376 e. The van der Waals surface area contributed by atoms with E-state index in [2.05, 4.69) is 10.3 Å². The van der Waals surface area contributed by atoms with Gasteiger partial charge in [-0.05, 0) is 12.8 Å². The van der Waals surface area contributed by atoms with E-state index in [1.807, 2.05) is 0 Å². The van der Waals surface area contributed by atoms with Crippen LogP contribution < -0.4 is 16.6 Å². The summed E-state index contributed by atoms with van der Waals surface area (Å²) in [7, 11) is 1.44. The van der Waals surface area contributed by atoms with Gasteiger partial charge in [-0.2, -0.15) is 0 Å². The minimum absolute atomic E-state index is 0.174. The van der Waals surface area contributed by atoms with E-state index in [9.17, 15) is 9.59 Å². The number of anilines is 1. The van der Waals surface area contributed by atoms with Crippen LogP contribution in [0.25, 0.3) is 0 Å².